The first-order valence-electron chi connectivity index (χ1n) is 4.39. The van der Waals surface area contributed by atoms with Gasteiger partial charge in [-0.1, -0.05) is 12.1 Å². The molecule has 0 saturated carbocycles. The Morgan fingerprint density at radius 3 is 2.77 bits per heavy atom. The van der Waals surface area contributed by atoms with Crippen molar-refractivity contribution in [3.8, 4) is 0 Å². The third kappa shape index (κ3) is 2.70. The molecule has 0 saturated heterocycles. The van der Waals surface area contributed by atoms with E-state index in [2.05, 4.69) is 0 Å². The highest BCUT2D eigenvalue weighted by atomic mass is 19.1. The summed E-state index contributed by atoms with van der Waals surface area (Å²) in [5, 5.41) is 8.56. The highest BCUT2D eigenvalue weighted by Gasteiger charge is 2.02. The average molecular weight is 183 g/mol. The van der Waals surface area contributed by atoms with Gasteiger partial charge in [0.25, 0.3) is 0 Å². The molecule has 0 aliphatic heterocycles. The number of anilines is 1. The fraction of sp³-hybridized carbons (Fsp3) is 0.400. The van der Waals surface area contributed by atoms with Crippen molar-refractivity contribution in [3.05, 3.63) is 29.6 Å². The van der Waals surface area contributed by atoms with Gasteiger partial charge in [0.1, 0.15) is 5.82 Å². The lowest BCUT2D eigenvalue weighted by Crippen LogP contribution is -1.98. The quantitative estimate of drug-likeness (QED) is 0.551. The molecule has 72 valence electrons. The van der Waals surface area contributed by atoms with Crippen molar-refractivity contribution < 1.29 is 9.50 Å². The van der Waals surface area contributed by atoms with Crippen LogP contribution in [-0.2, 0) is 6.42 Å². The minimum Gasteiger partial charge on any atom is -0.396 e. The lowest BCUT2D eigenvalue weighted by atomic mass is 10.1. The topological polar surface area (TPSA) is 46.2 Å². The number of para-hydroxylation sites is 1. The van der Waals surface area contributed by atoms with Crippen LogP contribution in [0.4, 0.5) is 10.1 Å². The Bertz CT molecular complexity index is 276. The molecule has 3 N–H and O–H groups in total. The number of aryl methyl sites for hydroxylation is 1. The van der Waals surface area contributed by atoms with Crippen molar-refractivity contribution in [1.82, 2.24) is 0 Å². The minimum absolute atomic E-state index is 0.176. The molecule has 0 fully saturated rings. The smallest absolute Gasteiger partial charge is 0.146 e. The first-order valence-corrected chi connectivity index (χ1v) is 4.39. The molecule has 0 atom stereocenters. The van der Waals surface area contributed by atoms with Crippen molar-refractivity contribution in [2.24, 2.45) is 0 Å². The fourth-order valence-corrected chi connectivity index (χ4v) is 1.23. The van der Waals surface area contributed by atoms with Crippen molar-refractivity contribution in [2.45, 2.75) is 19.3 Å². The molecule has 0 amide bonds. The molecular weight excluding hydrogens is 169 g/mol. The predicted octanol–water partition coefficient (Wildman–Crippen LogP) is 1.72. The minimum atomic E-state index is -0.360. The van der Waals surface area contributed by atoms with E-state index in [-0.39, 0.29) is 18.1 Å². The molecule has 13 heavy (non-hydrogen) atoms. The van der Waals surface area contributed by atoms with Crippen LogP contribution in [0.15, 0.2) is 18.2 Å². The summed E-state index contributed by atoms with van der Waals surface area (Å²) in [6, 6.07) is 4.82. The normalized spacial score (nSPS) is 10.3. The number of aliphatic hydroxyl groups is 1. The van der Waals surface area contributed by atoms with Crippen LogP contribution in [0.3, 0.4) is 0 Å². The number of halogens is 1. The van der Waals surface area contributed by atoms with E-state index in [0.29, 0.717) is 0 Å². The zero-order valence-corrected chi connectivity index (χ0v) is 7.46. The van der Waals surface area contributed by atoms with Gasteiger partial charge < -0.3 is 10.8 Å². The Hall–Kier alpha value is -1.09. The Kier molecular flexibility index (Phi) is 3.71. The van der Waals surface area contributed by atoms with Gasteiger partial charge in [0.2, 0.25) is 0 Å². The molecule has 0 spiro atoms. The second-order valence-electron chi connectivity index (χ2n) is 2.99. The summed E-state index contributed by atoms with van der Waals surface area (Å²) in [6.45, 7) is 0.176. The van der Waals surface area contributed by atoms with Gasteiger partial charge in [0, 0.05) is 6.61 Å². The second-order valence-corrected chi connectivity index (χ2v) is 2.99. The van der Waals surface area contributed by atoms with Gasteiger partial charge in [0.15, 0.2) is 0 Å². The van der Waals surface area contributed by atoms with Gasteiger partial charge in [-0.15, -0.1) is 0 Å². The first-order chi connectivity index (χ1) is 6.25. The number of nitrogen functional groups attached to an aromatic ring is 1. The number of rotatable bonds is 4. The number of hydrogen-bond donors (Lipinski definition) is 2. The molecule has 1 aromatic rings. The summed E-state index contributed by atoms with van der Waals surface area (Å²) >= 11 is 0. The zero-order chi connectivity index (χ0) is 9.68. The van der Waals surface area contributed by atoms with Crippen LogP contribution in [0.1, 0.15) is 18.4 Å². The van der Waals surface area contributed by atoms with Crippen molar-refractivity contribution in [1.29, 1.82) is 0 Å². The SMILES string of the molecule is Nc1c(F)cccc1CCCCO. The van der Waals surface area contributed by atoms with Crippen molar-refractivity contribution >= 4 is 5.69 Å². The largest absolute Gasteiger partial charge is 0.396 e. The molecular formula is C10H14FNO. The maximum absolute atomic E-state index is 12.9. The summed E-state index contributed by atoms with van der Waals surface area (Å²) in [7, 11) is 0. The molecule has 0 bridgehead atoms. The summed E-state index contributed by atoms with van der Waals surface area (Å²) < 4.78 is 12.9. The van der Waals surface area contributed by atoms with E-state index in [1.165, 1.54) is 6.07 Å². The van der Waals surface area contributed by atoms with Crippen molar-refractivity contribution in [2.75, 3.05) is 12.3 Å². The van der Waals surface area contributed by atoms with Gasteiger partial charge in [-0.2, -0.15) is 0 Å². The summed E-state index contributed by atoms with van der Waals surface area (Å²) in [5.74, 6) is -0.360. The van der Waals surface area contributed by atoms with Crippen LogP contribution in [0.2, 0.25) is 0 Å². The molecule has 0 heterocycles. The number of benzene rings is 1. The van der Waals surface area contributed by atoms with Crippen LogP contribution in [-0.4, -0.2) is 11.7 Å². The van der Waals surface area contributed by atoms with Gasteiger partial charge in [-0.25, -0.2) is 4.39 Å². The highest BCUT2D eigenvalue weighted by molar-refractivity contribution is 5.47. The van der Waals surface area contributed by atoms with Gasteiger partial charge in [0.05, 0.1) is 5.69 Å². The lowest BCUT2D eigenvalue weighted by molar-refractivity contribution is 0.284. The monoisotopic (exact) mass is 183 g/mol. The highest BCUT2D eigenvalue weighted by Crippen LogP contribution is 2.17. The van der Waals surface area contributed by atoms with Crippen LogP contribution in [0.5, 0.6) is 0 Å². The molecule has 0 aliphatic carbocycles. The maximum Gasteiger partial charge on any atom is 0.146 e. The standard InChI is InChI=1S/C10H14FNO/c11-9-6-3-5-8(10(9)12)4-1-2-7-13/h3,5-6,13H,1-2,4,7,12H2. The van der Waals surface area contributed by atoms with Crippen LogP contribution < -0.4 is 5.73 Å². The molecule has 1 aromatic carbocycles. The van der Waals surface area contributed by atoms with E-state index in [0.717, 1.165) is 24.8 Å². The Balaban J connectivity index is 2.61. The summed E-state index contributed by atoms with van der Waals surface area (Å²) in [5.41, 5.74) is 6.59. The number of aliphatic hydroxyl groups excluding tert-OH is 1. The molecule has 0 unspecified atom stereocenters. The van der Waals surface area contributed by atoms with Crippen LogP contribution in [0, 0.1) is 5.82 Å². The van der Waals surface area contributed by atoms with Gasteiger partial charge in [-0.3, -0.25) is 0 Å². The predicted molar refractivity (Wildman–Crippen MR) is 50.8 cm³/mol. The Morgan fingerprint density at radius 2 is 2.08 bits per heavy atom. The van der Waals surface area contributed by atoms with E-state index in [4.69, 9.17) is 10.8 Å². The van der Waals surface area contributed by atoms with Gasteiger partial charge in [-0.05, 0) is 30.9 Å². The Labute approximate surface area is 77.2 Å². The number of nitrogens with two attached hydrogens (primary N) is 1. The number of unbranched alkanes of at least 4 members (excludes halogenated alkanes) is 1. The van der Waals surface area contributed by atoms with E-state index >= 15 is 0 Å². The molecule has 0 radical (unpaired) electrons. The number of hydrogen-bond acceptors (Lipinski definition) is 2. The van der Waals surface area contributed by atoms with E-state index in [1.54, 1.807) is 6.07 Å². The lowest BCUT2D eigenvalue weighted by Gasteiger charge is -2.05. The summed E-state index contributed by atoms with van der Waals surface area (Å²) in [6.07, 6.45) is 2.30. The van der Waals surface area contributed by atoms with E-state index < -0.39 is 0 Å². The van der Waals surface area contributed by atoms with E-state index in [1.807, 2.05) is 6.07 Å². The molecule has 2 nitrogen and oxygen atoms in total. The third-order valence-electron chi connectivity index (χ3n) is 2.00. The molecule has 0 aromatic heterocycles. The molecule has 3 heteroatoms. The zero-order valence-electron chi connectivity index (χ0n) is 7.46. The third-order valence-corrected chi connectivity index (χ3v) is 2.00. The van der Waals surface area contributed by atoms with Crippen molar-refractivity contribution in [3.63, 3.8) is 0 Å². The van der Waals surface area contributed by atoms with Crippen LogP contribution >= 0.6 is 0 Å². The molecule has 1 rings (SSSR count). The average Bonchev–Trinajstić information content (AvgIpc) is 2.13. The van der Waals surface area contributed by atoms with E-state index in [9.17, 15) is 4.39 Å². The first kappa shape index (κ1) is 9.99. The van der Waals surface area contributed by atoms with Crippen LogP contribution in [0.25, 0.3) is 0 Å². The Morgan fingerprint density at radius 1 is 1.31 bits per heavy atom. The molecule has 0 aliphatic rings. The summed E-state index contributed by atoms with van der Waals surface area (Å²) in [4.78, 5) is 0. The fourth-order valence-electron chi connectivity index (χ4n) is 1.23. The second kappa shape index (κ2) is 4.82. The van der Waals surface area contributed by atoms with Gasteiger partial charge >= 0.3 is 0 Å². The maximum atomic E-state index is 12.9.